The van der Waals surface area contributed by atoms with Crippen LogP contribution >= 0.6 is 0 Å². The zero-order valence-corrected chi connectivity index (χ0v) is 22.1. The molecular formula is C28H34N6O3. The number of fused-ring (bicyclic) bond motifs is 2. The average Bonchev–Trinajstić information content (AvgIpc) is 3.55. The van der Waals surface area contributed by atoms with Gasteiger partial charge in [-0.1, -0.05) is 43.7 Å². The number of aryl methyl sites for hydroxylation is 1. The van der Waals surface area contributed by atoms with E-state index in [-0.39, 0.29) is 23.9 Å². The molecule has 1 aliphatic rings. The molecule has 0 radical (unpaired) electrons. The fraction of sp³-hybridized carbons (Fsp3) is 0.429. The number of nitrogens with zero attached hydrogens (tertiary/aromatic N) is 5. The number of pyridine rings is 1. The van der Waals surface area contributed by atoms with Crippen molar-refractivity contribution >= 4 is 10.9 Å². The van der Waals surface area contributed by atoms with Gasteiger partial charge in [0, 0.05) is 30.1 Å². The van der Waals surface area contributed by atoms with Crippen LogP contribution < -0.4 is 15.0 Å². The Bertz CT molecular complexity index is 1460. The summed E-state index contributed by atoms with van der Waals surface area (Å²) in [6.45, 7) is 11.9. The predicted molar refractivity (Wildman–Crippen MR) is 142 cm³/mol. The molecule has 0 amide bonds. The minimum Gasteiger partial charge on any atom is -0.454 e. The summed E-state index contributed by atoms with van der Waals surface area (Å²) in [6, 6.07) is 14.1. The molecule has 1 N–H and O–H groups in total. The first-order valence-corrected chi connectivity index (χ1v) is 12.8. The Morgan fingerprint density at radius 1 is 1.08 bits per heavy atom. The Kier molecular flexibility index (Phi) is 6.72. The summed E-state index contributed by atoms with van der Waals surface area (Å²) in [5, 5.41) is 13.8. The van der Waals surface area contributed by atoms with Crippen LogP contribution in [-0.2, 0) is 18.6 Å². The highest BCUT2D eigenvalue weighted by Crippen LogP contribution is 2.36. The van der Waals surface area contributed by atoms with Crippen LogP contribution in [0.15, 0.2) is 47.3 Å². The van der Waals surface area contributed by atoms with Gasteiger partial charge in [-0.15, -0.1) is 5.10 Å². The molecule has 0 fully saturated rings. The van der Waals surface area contributed by atoms with Crippen LogP contribution in [0, 0.1) is 6.92 Å². The molecule has 2 aromatic carbocycles. The van der Waals surface area contributed by atoms with Crippen LogP contribution in [-0.4, -0.2) is 36.9 Å². The molecule has 5 rings (SSSR count). The summed E-state index contributed by atoms with van der Waals surface area (Å²) in [5.74, 6) is 2.14. The molecule has 0 saturated heterocycles. The van der Waals surface area contributed by atoms with Gasteiger partial charge >= 0.3 is 0 Å². The first-order valence-electron chi connectivity index (χ1n) is 12.8. The third kappa shape index (κ3) is 4.96. The van der Waals surface area contributed by atoms with Crippen molar-refractivity contribution in [3.8, 4) is 11.5 Å². The number of rotatable bonds is 9. The molecule has 9 heteroatoms. The number of aromatic nitrogens is 5. The lowest BCUT2D eigenvalue weighted by Gasteiger charge is -2.33. The molecule has 1 atom stereocenters. The van der Waals surface area contributed by atoms with Gasteiger partial charge in [0.2, 0.25) is 6.79 Å². The summed E-state index contributed by atoms with van der Waals surface area (Å²) in [5.41, 5.74) is 3.42. The molecule has 3 heterocycles. The summed E-state index contributed by atoms with van der Waals surface area (Å²) >= 11 is 0. The van der Waals surface area contributed by atoms with Gasteiger partial charge < -0.3 is 14.5 Å². The molecule has 0 aliphatic carbocycles. The maximum Gasteiger partial charge on any atom is 0.252 e. The summed E-state index contributed by atoms with van der Waals surface area (Å²) in [6.07, 6.45) is 1.68. The van der Waals surface area contributed by atoms with E-state index in [9.17, 15) is 4.79 Å². The van der Waals surface area contributed by atoms with Gasteiger partial charge in [0.1, 0.15) is 0 Å². The largest absolute Gasteiger partial charge is 0.454 e. The lowest BCUT2D eigenvalue weighted by molar-refractivity contribution is 0.150. The number of hydrogen-bond donors (Lipinski definition) is 1. The standard InChI is InChI=1S/C28H34N6O3/c1-6-23(26-30-31-32-34(26)28(4,5)7-2)33(15-19-10-8-18(3)9-11-19)16-21-12-20-13-24-25(37-17-36-24)14-22(20)29-27(21)35/h8-14,23H,6-7,15-17H2,1-5H3,(H,29,35)/t23-/m0/s1. The third-order valence-corrected chi connectivity index (χ3v) is 7.35. The third-order valence-electron chi connectivity index (χ3n) is 7.35. The highest BCUT2D eigenvalue weighted by atomic mass is 16.7. The smallest absolute Gasteiger partial charge is 0.252 e. The Balaban J connectivity index is 1.55. The molecular weight excluding hydrogens is 468 g/mol. The Hall–Kier alpha value is -3.72. The topological polar surface area (TPSA) is 98.2 Å². The Labute approximate surface area is 216 Å². The quantitative estimate of drug-likeness (QED) is 0.349. The van der Waals surface area contributed by atoms with E-state index in [1.807, 2.05) is 22.9 Å². The molecule has 1 aliphatic heterocycles. The Morgan fingerprint density at radius 3 is 2.51 bits per heavy atom. The van der Waals surface area contributed by atoms with E-state index >= 15 is 0 Å². The number of tetrazole rings is 1. The molecule has 0 spiro atoms. The van der Waals surface area contributed by atoms with E-state index in [0.717, 1.165) is 29.6 Å². The molecule has 9 nitrogen and oxygen atoms in total. The van der Waals surface area contributed by atoms with Crippen molar-refractivity contribution in [3.63, 3.8) is 0 Å². The van der Waals surface area contributed by atoms with Crippen LogP contribution in [0.2, 0.25) is 0 Å². The van der Waals surface area contributed by atoms with Crippen molar-refractivity contribution in [3.05, 3.63) is 75.3 Å². The zero-order valence-electron chi connectivity index (χ0n) is 22.1. The van der Waals surface area contributed by atoms with Gasteiger partial charge in [-0.2, -0.15) is 0 Å². The average molecular weight is 503 g/mol. The number of H-pyrrole nitrogens is 1. The second kappa shape index (κ2) is 9.97. The van der Waals surface area contributed by atoms with Crippen molar-refractivity contribution in [1.82, 2.24) is 30.1 Å². The summed E-state index contributed by atoms with van der Waals surface area (Å²) in [7, 11) is 0. The maximum atomic E-state index is 13.2. The first-order chi connectivity index (χ1) is 17.8. The minimum absolute atomic E-state index is 0.0889. The van der Waals surface area contributed by atoms with Crippen molar-refractivity contribution in [2.24, 2.45) is 0 Å². The number of ether oxygens (including phenoxy) is 2. The second-order valence-corrected chi connectivity index (χ2v) is 10.3. The zero-order chi connectivity index (χ0) is 26.2. The first kappa shape index (κ1) is 25.0. The van der Waals surface area contributed by atoms with Crippen LogP contribution in [0.4, 0.5) is 0 Å². The van der Waals surface area contributed by atoms with Crippen LogP contribution in [0.1, 0.15) is 69.1 Å². The highest BCUT2D eigenvalue weighted by Gasteiger charge is 2.31. The molecule has 0 bridgehead atoms. The monoisotopic (exact) mass is 502 g/mol. The molecule has 37 heavy (non-hydrogen) atoms. The van der Waals surface area contributed by atoms with Gasteiger partial charge in [-0.05, 0) is 61.7 Å². The van der Waals surface area contributed by atoms with E-state index in [1.54, 1.807) is 0 Å². The molecule has 2 aromatic heterocycles. The Morgan fingerprint density at radius 2 is 1.81 bits per heavy atom. The number of hydrogen-bond acceptors (Lipinski definition) is 7. The molecule has 0 saturated carbocycles. The lowest BCUT2D eigenvalue weighted by Crippen LogP contribution is -2.36. The molecule has 194 valence electrons. The van der Waals surface area contributed by atoms with Crippen molar-refractivity contribution < 1.29 is 9.47 Å². The van der Waals surface area contributed by atoms with Crippen molar-refractivity contribution in [2.75, 3.05) is 6.79 Å². The van der Waals surface area contributed by atoms with Gasteiger partial charge in [-0.25, -0.2) is 4.68 Å². The molecule has 0 unspecified atom stereocenters. The summed E-state index contributed by atoms with van der Waals surface area (Å²) in [4.78, 5) is 18.6. The highest BCUT2D eigenvalue weighted by molar-refractivity contribution is 5.83. The second-order valence-electron chi connectivity index (χ2n) is 10.3. The maximum absolute atomic E-state index is 13.2. The van der Waals surface area contributed by atoms with Gasteiger partial charge in [0.05, 0.1) is 17.1 Å². The number of nitrogens with one attached hydrogen (secondary N) is 1. The fourth-order valence-corrected chi connectivity index (χ4v) is 4.77. The SMILES string of the molecule is CC[C@@H](c1nnnn1C(C)(C)CC)N(Cc1ccc(C)cc1)Cc1cc2cc3c(cc2[nH]c1=O)OCO3. The van der Waals surface area contributed by atoms with Gasteiger partial charge in [-0.3, -0.25) is 9.69 Å². The van der Waals surface area contributed by atoms with E-state index in [2.05, 4.69) is 84.3 Å². The minimum atomic E-state index is -0.231. The van der Waals surface area contributed by atoms with Crippen LogP contribution in [0.5, 0.6) is 11.5 Å². The van der Waals surface area contributed by atoms with Crippen molar-refractivity contribution in [2.45, 2.75) is 72.1 Å². The van der Waals surface area contributed by atoms with Crippen molar-refractivity contribution in [1.29, 1.82) is 0 Å². The normalized spacial score (nSPS) is 14.0. The predicted octanol–water partition coefficient (Wildman–Crippen LogP) is 4.85. The number of benzene rings is 2. The summed E-state index contributed by atoms with van der Waals surface area (Å²) < 4.78 is 13.0. The van der Waals surface area contributed by atoms with Gasteiger partial charge in [0.25, 0.3) is 5.56 Å². The lowest BCUT2D eigenvalue weighted by atomic mass is 10.0. The van der Waals surface area contributed by atoms with E-state index in [1.165, 1.54) is 11.1 Å². The van der Waals surface area contributed by atoms with Crippen LogP contribution in [0.3, 0.4) is 0 Å². The van der Waals surface area contributed by atoms with Crippen LogP contribution in [0.25, 0.3) is 10.9 Å². The number of aromatic amines is 1. The van der Waals surface area contributed by atoms with E-state index in [4.69, 9.17) is 9.47 Å². The van der Waals surface area contributed by atoms with E-state index < -0.39 is 0 Å². The van der Waals surface area contributed by atoms with Gasteiger partial charge in [0.15, 0.2) is 17.3 Å². The molecule has 4 aromatic rings. The fourth-order valence-electron chi connectivity index (χ4n) is 4.77. The van der Waals surface area contributed by atoms with E-state index in [0.29, 0.717) is 30.2 Å².